The van der Waals surface area contributed by atoms with Crippen LogP contribution in [0.3, 0.4) is 0 Å². The van der Waals surface area contributed by atoms with Crippen molar-refractivity contribution in [1.29, 1.82) is 0 Å². The van der Waals surface area contributed by atoms with Gasteiger partial charge in [-0.15, -0.1) is 0 Å². The SMILES string of the molecule is Cn1c(O)c(C(=Nc2ccc(F)cc2)SCC(=O)N2CCCCC2)c(=O)n(C)c1=O. The van der Waals surface area contributed by atoms with Crippen LogP contribution in [0.2, 0.25) is 0 Å². The molecule has 30 heavy (non-hydrogen) atoms. The molecule has 1 fully saturated rings. The first-order valence-electron chi connectivity index (χ1n) is 9.53. The van der Waals surface area contributed by atoms with Gasteiger partial charge in [0.1, 0.15) is 16.4 Å². The number of rotatable bonds is 4. The Kier molecular flexibility index (Phi) is 6.76. The fourth-order valence-electron chi connectivity index (χ4n) is 3.18. The van der Waals surface area contributed by atoms with Gasteiger partial charge < -0.3 is 10.0 Å². The molecular formula is C20H23FN4O4S. The molecule has 0 atom stereocenters. The Balaban J connectivity index is 2.00. The number of piperidine rings is 1. The molecule has 8 nitrogen and oxygen atoms in total. The second-order valence-corrected chi connectivity index (χ2v) is 7.99. The maximum Gasteiger partial charge on any atom is 0.333 e. The monoisotopic (exact) mass is 434 g/mol. The molecule has 160 valence electrons. The van der Waals surface area contributed by atoms with E-state index < -0.39 is 22.9 Å². The van der Waals surface area contributed by atoms with E-state index in [-0.39, 0.29) is 22.3 Å². The summed E-state index contributed by atoms with van der Waals surface area (Å²) >= 11 is 1.00. The van der Waals surface area contributed by atoms with Crippen molar-refractivity contribution in [2.45, 2.75) is 19.3 Å². The van der Waals surface area contributed by atoms with E-state index in [9.17, 15) is 23.9 Å². The Hall–Kier alpha value is -2.88. The highest BCUT2D eigenvalue weighted by Gasteiger charge is 2.23. The molecule has 0 spiro atoms. The zero-order valence-corrected chi connectivity index (χ0v) is 17.6. The summed E-state index contributed by atoms with van der Waals surface area (Å²) in [4.78, 5) is 43.5. The molecule has 0 bridgehead atoms. The average molecular weight is 434 g/mol. The second kappa shape index (κ2) is 9.29. The van der Waals surface area contributed by atoms with Gasteiger partial charge in [-0.3, -0.25) is 18.7 Å². The lowest BCUT2D eigenvalue weighted by atomic mass is 10.1. The molecule has 0 saturated carbocycles. The predicted octanol–water partition coefficient (Wildman–Crippen LogP) is 1.75. The van der Waals surface area contributed by atoms with Crippen molar-refractivity contribution in [3.63, 3.8) is 0 Å². The van der Waals surface area contributed by atoms with Gasteiger partial charge in [-0.1, -0.05) is 11.8 Å². The first-order chi connectivity index (χ1) is 14.3. The summed E-state index contributed by atoms with van der Waals surface area (Å²) in [7, 11) is 2.63. The zero-order valence-electron chi connectivity index (χ0n) is 16.8. The van der Waals surface area contributed by atoms with Crippen molar-refractivity contribution in [3.05, 3.63) is 56.5 Å². The van der Waals surface area contributed by atoms with Crippen molar-refractivity contribution in [1.82, 2.24) is 14.0 Å². The summed E-state index contributed by atoms with van der Waals surface area (Å²) in [6.45, 7) is 1.38. The molecule has 1 saturated heterocycles. The van der Waals surface area contributed by atoms with E-state index in [2.05, 4.69) is 4.99 Å². The lowest BCUT2D eigenvalue weighted by Crippen LogP contribution is -2.40. The number of likely N-dealkylation sites (tertiary alicyclic amines) is 1. The van der Waals surface area contributed by atoms with Crippen LogP contribution >= 0.6 is 11.8 Å². The van der Waals surface area contributed by atoms with Crippen LogP contribution in [0.5, 0.6) is 5.88 Å². The predicted molar refractivity (Wildman–Crippen MR) is 114 cm³/mol. The van der Waals surface area contributed by atoms with E-state index in [0.717, 1.165) is 40.2 Å². The van der Waals surface area contributed by atoms with Gasteiger partial charge in [0.05, 0.1) is 11.4 Å². The van der Waals surface area contributed by atoms with E-state index in [1.807, 2.05) is 0 Å². The van der Waals surface area contributed by atoms with Gasteiger partial charge in [0.2, 0.25) is 11.8 Å². The highest BCUT2D eigenvalue weighted by Crippen LogP contribution is 2.24. The third-order valence-corrected chi connectivity index (χ3v) is 5.91. The molecule has 3 rings (SSSR count). The Bertz CT molecular complexity index is 1090. The molecule has 2 heterocycles. The molecule has 0 unspecified atom stereocenters. The van der Waals surface area contributed by atoms with Gasteiger partial charge in [0.25, 0.3) is 5.56 Å². The second-order valence-electron chi connectivity index (χ2n) is 7.03. The molecule has 1 aliphatic rings. The lowest BCUT2D eigenvalue weighted by molar-refractivity contribution is -0.129. The van der Waals surface area contributed by atoms with E-state index in [0.29, 0.717) is 18.8 Å². The number of hydrogen-bond donors (Lipinski definition) is 1. The van der Waals surface area contributed by atoms with Crippen LogP contribution in [0.4, 0.5) is 10.1 Å². The molecule has 1 amide bonds. The number of thioether (sulfide) groups is 1. The van der Waals surface area contributed by atoms with Crippen molar-refractivity contribution in [2.75, 3.05) is 18.8 Å². The van der Waals surface area contributed by atoms with Gasteiger partial charge in [-0.2, -0.15) is 0 Å². The Labute approximate surface area is 176 Å². The van der Waals surface area contributed by atoms with E-state index in [1.165, 1.54) is 38.4 Å². The molecule has 1 aromatic heterocycles. The Morgan fingerprint density at radius 1 is 1.10 bits per heavy atom. The van der Waals surface area contributed by atoms with Crippen molar-refractivity contribution < 1.29 is 14.3 Å². The molecule has 1 aliphatic heterocycles. The van der Waals surface area contributed by atoms with Crippen molar-refractivity contribution in [3.8, 4) is 5.88 Å². The number of carbonyl (C=O) groups excluding carboxylic acids is 1. The Morgan fingerprint density at radius 2 is 1.73 bits per heavy atom. The summed E-state index contributed by atoms with van der Waals surface area (Å²) in [6.07, 6.45) is 3.00. The van der Waals surface area contributed by atoms with Gasteiger partial charge in [-0.05, 0) is 43.5 Å². The smallest absolute Gasteiger partial charge is 0.333 e. The molecule has 1 N–H and O–H groups in total. The minimum Gasteiger partial charge on any atom is -0.494 e. The van der Waals surface area contributed by atoms with Crippen LogP contribution in [0.1, 0.15) is 24.8 Å². The average Bonchev–Trinajstić information content (AvgIpc) is 2.76. The molecule has 2 aromatic rings. The third-order valence-electron chi connectivity index (χ3n) is 4.95. The number of nitrogens with zero attached hydrogens (tertiary/aromatic N) is 4. The van der Waals surface area contributed by atoms with Crippen LogP contribution < -0.4 is 11.2 Å². The number of benzene rings is 1. The fraction of sp³-hybridized carbons (Fsp3) is 0.400. The highest BCUT2D eigenvalue weighted by atomic mass is 32.2. The van der Waals surface area contributed by atoms with Crippen LogP contribution in [-0.4, -0.2) is 48.9 Å². The summed E-state index contributed by atoms with van der Waals surface area (Å²) in [6, 6.07) is 5.29. The minimum absolute atomic E-state index is 0.0193. The summed E-state index contributed by atoms with van der Waals surface area (Å²) in [5, 5.41) is 10.6. The molecule has 1 aromatic carbocycles. The molecule has 0 aliphatic carbocycles. The summed E-state index contributed by atoms with van der Waals surface area (Å²) < 4.78 is 15.0. The van der Waals surface area contributed by atoms with Gasteiger partial charge in [-0.25, -0.2) is 14.2 Å². The maximum absolute atomic E-state index is 13.3. The topological polar surface area (TPSA) is 96.9 Å². The maximum atomic E-state index is 13.3. The zero-order chi connectivity index (χ0) is 21.8. The number of amides is 1. The number of hydrogen-bond acceptors (Lipinski definition) is 6. The van der Waals surface area contributed by atoms with E-state index in [4.69, 9.17) is 0 Å². The number of aliphatic imine (C=N–C) groups is 1. The molecule has 0 radical (unpaired) electrons. The lowest BCUT2D eigenvalue weighted by Gasteiger charge is -2.26. The number of carbonyl (C=O) groups is 1. The first kappa shape index (κ1) is 21.8. The normalized spacial score (nSPS) is 14.8. The quantitative estimate of drug-likeness (QED) is 0.584. The minimum atomic E-state index is -0.727. The molecule has 10 heteroatoms. The van der Waals surface area contributed by atoms with Crippen molar-refractivity contribution >= 4 is 28.4 Å². The van der Waals surface area contributed by atoms with Crippen LogP contribution in [0.15, 0.2) is 38.8 Å². The van der Waals surface area contributed by atoms with Crippen molar-refractivity contribution in [2.24, 2.45) is 19.1 Å². The van der Waals surface area contributed by atoms with Gasteiger partial charge >= 0.3 is 5.69 Å². The Morgan fingerprint density at radius 3 is 2.37 bits per heavy atom. The summed E-state index contributed by atoms with van der Waals surface area (Å²) in [5.41, 5.74) is -1.24. The van der Waals surface area contributed by atoms with E-state index in [1.54, 1.807) is 4.90 Å². The third kappa shape index (κ3) is 4.64. The fourth-order valence-corrected chi connectivity index (χ4v) is 4.11. The van der Waals surface area contributed by atoms with Crippen LogP contribution in [-0.2, 0) is 18.9 Å². The number of halogens is 1. The standard InChI is InChI=1S/C20H23FN4O4S/c1-23-18(27)16(19(28)24(2)20(23)29)17(22-14-8-6-13(21)7-9-14)30-12-15(26)25-10-4-3-5-11-25/h6-9,27H,3-5,10-12H2,1-2H3. The first-order valence-corrected chi connectivity index (χ1v) is 10.5. The number of aromatic hydroxyl groups is 1. The van der Waals surface area contributed by atoms with Gasteiger partial charge in [0, 0.05) is 27.2 Å². The van der Waals surface area contributed by atoms with Crippen LogP contribution in [0, 0.1) is 5.82 Å². The van der Waals surface area contributed by atoms with Crippen LogP contribution in [0.25, 0.3) is 0 Å². The molecular weight excluding hydrogens is 411 g/mol. The number of aromatic nitrogens is 2. The highest BCUT2D eigenvalue weighted by molar-refractivity contribution is 8.15. The van der Waals surface area contributed by atoms with E-state index >= 15 is 0 Å². The summed E-state index contributed by atoms with van der Waals surface area (Å²) in [5.74, 6) is -1.05. The largest absolute Gasteiger partial charge is 0.494 e. The van der Waals surface area contributed by atoms with Gasteiger partial charge in [0.15, 0.2) is 0 Å².